The highest BCUT2D eigenvalue weighted by molar-refractivity contribution is 5.78. The molecule has 0 aliphatic rings. The van der Waals surface area contributed by atoms with Crippen LogP contribution in [0.3, 0.4) is 0 Å². The van der Waals surface area contributed by atoms with Crippen LogP contribution in [0.5, 0.6) is 0 Å². The predicted molar refractivity (Wildman–Crippen MR) is 95.3 cm³/mol. The Balaban J connectivity index is 1.80. The molecule has 0 atom stereocenters. The van der Waals surface area contributed by atoms with Gasteiger partial charge in [-0.2, -0.15) is 18.3 Å². The Labute approximate surface area is 165 Å². The van der Waals surface area contributed by atoms with Crippen LogP contribution in [-0.4, -0.2) is 30.4 Å². The number of hydrogen-bond donors (Lipinski definition) is 2. The van der Waals surface area contributed by atoms with Gasteiger partial charge < -0.3 is 5.32 Å². The van der Waals surface area contributed by atoms with E-state index in [-0.39, 0.29) is 34.3 Å². The van der Waals surface area contributed by atoms with Gasteiger partial charge in [0, 0.05) is 23.4 Å². The Morgan fingerprint density at radius 2 is 1.67 bits per heavy atom. The normalized spacial score (nSPS) is 11.5. The van der Waals surface area contributed by atoms with Crippen LogP contribution >= 0.6 is 0 Å². The molecule has 3 heterocycles. The van der Waals surface area contributed by atoms with Crippen LogP contribution in [0, 0.1) is 11.6 Å². The van der Waals surface area contributed by atoms with E-state index in [2.05, 4.69) is 35.7 Å². The summed E-state index contributed by atoms with van der Waals surface area (Å²) in [5.41, 5.74) is -1.29. The molecule has 1 aromatic carbocycles. The lowest BCUT2D eigenvalue weighted by atomic mass is 10.0. The van der Waals surface area contributed by atoms with E-state index in [0.717, 1.165) is 6.20 Å². The predicted octanol–water partition coefficient (Wildman–Crippen LogP) is 4.36. The van der Waals surface area contributed by atoms with Crippen LogP contribution in [0.25, 0.3) is 22.5 Å². The van der Waals surface area contributed by atoms with Gasteiger partial charge in [-0.3, -0.25) is 10.1 Å². The summed E-state index contributed by atoms with van der Waals surface area (Å²) >= 11 is 0. The zero-order valence-corrected chi connectivity index (χ0v) is 14.7. The highest BCUT2D eigenvalue weighted by Crippen LogP contribution is 2.33. The van der Waals surface area contributed by atoms with Crippen molar-refractivity contribution in [1.29, 1.82) is 0 Å². The molecule has 0 fully saturated rings. The first kappa shape index (κ1) is 19.4. The van der Waals surface area contributed by atoms with Gasteiger partial charge in [0.1, 0.15) is 23.0 Å². The number of nitrogens with zero attached hydrogens (tertiary/aromatic N) is 5. The summed E-state index contributed by atoms with van der Waals surface area (Å²) in [5.74, 6) is -1.79. The molecule has 0 radical (unpaired) electrons. The maximum Gasteiger partial charge on any atom is 0.435 e. The van der Waals surface area contributed by atoms with E-state index in [1.807, 2.05) is 0 Å². The number of benzene rings is 1. The van der Waals surface area contributed by atoms with Gasteiger partial charge >= 0.3 is 6.18 Å². The van der Waals surface area contributed by atoms with Gasteiger partial charge in [0.15, 0.2) is 11.5 Å². The molecule has 0 aliphatic carbocycles. The van der Waals surface area contributed by atoms with Crippen molar-refractivity contribution < 1.29 is 22.0 Å². The number of anilines is 2. The average molecular weight is 419 g/mol. The molecule has 0 saturated carbocycles. The van der Waals surface area contributed by atoms with Crippen molar-refractivity contribution in [2.24, 2.45) is 0 Å². The van der Waals surface area contributed by atoms with Crippen LogP contribution in [0.15, 0.2) is 48.8 Å². The minimum Gasteiger partial charge on any atom is -0.308 e. The minimum absolute atomic E-state index is 0.00209. The van der Waals surface area contributed by atoms with E-state index in [0.29, 0.717) is 6.07 Å². The van der Waals surface area contributed by atoms with Crippen molar-refractivity contribution in [3.8, 4) is 22.5 Å². The summed E-state index contributed by atoms with van der Waals surface area (Å²) in [4.78, 5) is 7.80. The number of pyridine rings is 1. The number of aromatic amines is 1. The molecule has 0 saturated heterocycles. The molecule has 4 aromatic rings. The van der Waals surface area contributed by atoms with Gasteiger partial charge in [-0.1, -0.05) is 12.1 Å². The molecule has 0 bridgehead atoms. The van der Waals surface area contributed by atoms with Crippen molar-refractivity contribution >= 4 is 11.8 Å². The number of H-pyrrole nitrogens is 1. The second-order valence-corrected chi connectivity index (χ2v) is 5.96. The third kappa shape index (κ3) is 3.79. The van der Waals surface area contributed by atoms with Gasteiger partial charge in [0.25, 0.3) is 0 Å². The Bertz CT molecular complexity index is 1210. The summed E-state index contributed by atoms with van der Waals surface area (Å²) in [6.45, 7) is 0. The van der Waals surface area contributed by atoms with Crippen LogP contribution < -0.4 is 5.32 Å². The summed E-state index contributed by atoms with van der Waals surface area (Å²) < 4.78 is 66.8. The first-order valence-electron chi connectivity index (χ1n) is 8.32. The fourth-order valence-corrected chi connectivity index (χ4v) is 2.62. The number of rotatable bonds is 4. The van der Waals surface area contributed by atoms with Crippen molar-refractivity contribution in [2.45, 2.75) is 6.18 Å². The Morgan fingerprint density at radius 1 is 0.900 bits per heavy atom. The Hall–Kier alpha value is -3.96. The third-order valence-electron chi connectivity index (χ3n) is 3.96. The monoisotopic (exact) mass is 419 g/mol. The lowest BCUT2D eigenvalue weighted by Crippen LogP contribution is -2.05. The average Bonchev–Trinajstić information content (AvgIpc) is 3.18. The second kappa shape index (κ2) is 7.46. The number of alkyl halides is 3. The number of aromatic nitrogens is 6. The topological polar surface area (TPSA) is 92.3 Å². The number of nitrogens with one attached hydrogen (secondary N) is 2. The highest BCUT2D eigenvalue weighted by Gasteiger charge is 2.34. The molecule has 7 nitrogen and oxygen atoms in total. The zero-order valence-electron chi connectivity index (χ0n) is 14.7. The number of hydrogen-bond acceptors (Lipinski definition) is 6. The molecule has 0 aliphatic heterocycles. The van der Waals surface area contributed by atoms with Crippen molar-refractivity contribution in [1.82, 2.24) is 30.4 Å². The maximum absolute atomic E-state index is 14.4. The van der Waals surface area contributed by atoms with Crippen molar-refractivity contribution in [3.05, 3.63) is 66.1 Å². The quantitative estimate of drug-likeness (QED) is 0.478. The Morgan fingerprint density at radius 3 is 2.37 bits per heavy atom. The van der Waals surface area contributed by atoms with E-state index in [1.54, 1.807) is 6.07 Å². The maximum atomic E-state index is 14.4. The molecule has 30 heavy (non-hydrogen) atoms. The minimum atomic E-state index is -4.64. The van der Waals surface area contributed by atoms with E-state index in [9.17, 15) is 22.0 Å². The van der Waals surface area contributed by atoms with Gasteiger partial charge in [-0.15, -0.1) is 10.2 Å². The summed E-state index contributed by atoms with van der Waals surface area (Å²) in [5, 5.41) is 15.5. The van der Waals surface area contributed by atoms with Gasteiger partial charge in [-0.05, 0) is 18.2 Å². The van der Waals surface area contributed by atoms with Crippen LogP contribution in [-0.2, 0) is 6.18 Å². The van der Waals surface area contributed by atoms with Gasteiger partial charge in [0.2, 0.25) is 5.95 Å². The lowest BCUT2D eigenvalue weighted by molar-refractivity contribution is -0.141. The van der Waals surface area contributed by atoms with E-state index < -0.39 is 23.5 Å². The lowest BCUT2D eigenvalue weighted by Gasteiger charge is -2.11. The molecule has 4 rings (SSSR count). The summed E-state index contributed by atoms with van der Waals surface area (Å²) in [7, 11) is 0. The molecule has 2 N–H and O–H groups in total. The fourth-order valence-electron chi connectivity index (χ4n) is 2.62. The van der Waals surface area contributed by atoms with Crippen molar-refractivity contribution in [3.63, 3.8) is 0 Å². The molecule has 0 spiro atoms. The summed E-state index contributed by atoms with van der Waals surface area (Å²) in [6, 6.07) is 7.63. The van der Waals surface area contributed by atoms with Gasteiger partial charge in [0.05, 0.1) is 6.20 Å². The standard InChI is InChI=1S/C18H10F5N7/c19-11-4-2-1-3-9(11)15-16(10-5-6-24-8-12(10)20)29-30-17(26-15)25-14-7-13(27-28-14)18(21,22)23/h1-8H,(H2,25,26,27,28,30). The highest BCUT2D eigenvalue weighted by atomic mass is 19.4. The SMILES string of the molecule is Fc1cnccc1-c1nnc(Nc2cc(C(F)(F)F)n[nH]2)nc1-c1ccccc1F. The molecular weight excluding hydrogens is 409 g/mol. The van der Waals surface area contributed by atoms with Crippen LogP contribution in [0.2, 0.25) is 0 Å². The molecular formula is C18H10F5N7. The van der Waals surface area contributed by atoms with E-state index in [1.165, 1.54) is 30.5 Å². The summed E-state index contributed by atoms with van der Waals surface area (Å²) in [6.07, 6.45) is -2.37. The fraction of sp³-hybridized carbons (Fsp3) is 0.0556. The zero-order chi connectivity index (χ0) is 21.3. The van der Waals surface area contributed by atoms with Crippen molar-refractivity contribution in [2.75, 3.05) is 5.32 Å². The molecule has 12 heteroatoms. The number of halogens is 5. The second-order valence-electron chi connectivity index (χ2n) is 5.96. The molecule has 3 aromatic heterocycles. The Kier molecular flexibility index (Phi) is 4.82. The first-order chi connectivity index (χ1) is 14.3. The van der Waals surface area contributed by atoms with Crippen LogP contribution in [0.4, 0.5) is 33.7 Å². The van der Waals surface area contributed by atoms with E-state index in [4.69, 9.17) is 0 Å². The first-order valence-corrected chi connectivity index (χ1v) is 8.32. The van der Waals surface area contributed by atoms with Gasteiger partial charge in [-0.25, -0.2) is 13.8 Å². The largest absolute Gasteiger partial charge is 0.435 e. The molecule has 0 unspecified atom stereocenters. The molecule has 152 valence electrons. The third-order valence-corrected chi connectivity index (χ3v) is 3.96. The van der Waals surface area contributed by atoms with Crippen LogP contribution in [0.1, 0.15) is 5.69 Å². The van der Waals surface area contributed by atoms with E-state index >= 15 is 0 Å². The smallest absolute Gasteiger partial charge is 0.308 e. The molecule has 0 amide bonds.